The molecule has 6 aromatic carbocycles. The zero-order valence-corrected chi connectivity index (χ0v) is 30.1. The van der Waals surface area contributed by atoms with Crippen LogP contribution in [0.25, 0.3) is 60.9 Å². The van der Waals surface area contributed by atoms with E-state index in [9.17, 15) is 0 Å². The number of hydrogen-bond acceptors (Lipinski definition) is 1. The zero-order valence-electron chi connectivity index (χ0n) is 30.1. The third kappa shape index (κ3) is 5.01. The van der Waals surface area contributed by atoms with E-state index in [-0.39, 0.29) is 6.04 Å². The van der Waals surface area contributed by atoms with Crippen molar-refractivity contribution >= 4 is 50.0 Å². The minimum Gasteiger partial charge on any atom is -0.333 e. The molecule has 7 aromatic rings. The summed E-state index contributed by atoms with van der Waals surface area (Å²) < 4.78 is 2.53. The summed E-state index contributed by atoms with van der Waals surface area (Å²) in [5, 5.41) is 2.63. The van der Waals surface area contributed by atoms with E-state index in [0.717, 1.165) is 6.42 Å². The Balaban J connectivity index is 0.923. The van der Waals surface area contributed by atoms with Gasteiger partial charge in [0.15, 0.2) is 0 Å². The number of rotatable bonds is 5. The molecule has 3 aliphatic carbocycles. The second-order valence-corrected chi connectivity index (χ2v) is 15.1. The molecule has 2 heterocycles. The highest BCUT2D eigenvalue weighted by molar-refractivity contribution is 6.11. The molecule has 1 aromatic heterocycles. The molecule has 4 aliphatic rings. The van der Waals surface area contributed by atoms with Gasteiger partial charge in [-0.1, -0.05) is 140 Å². The first-order chi connectivity index (χ1) is 26.8. The molecule has 0 saturated carbocycles. The summed E-state index contributed by atoms with van der Waals surface area (Å²) in [6, 6.07) is 54.0. The second-order valence-electron chi connectivity index (χ2n) is 15.1. The summed E-state index contributed by atoms with van der Waals surface area (Å²) in [5.74, 6) is 0.986. The van der Waals surface area contributed by atoms with Crippen molar-refractivity contribution < 1.29 is 0 Å². The lowest BCUT2D eigenvalue weighted by Crippen LogP contribution is -2.27. The van der Waals surface area contributed by atoms with Gasteiger partial charge in [-0.15, -0.1) is 0 Å². The largest absolute Gasteiger partial charge is 0.333 e. The Morgan fingerprint density at radius 1 is 0.574 bits per heavy atom. The summed E-state index contributed by atoms with van der Waals surface area (Å²) >= 11 is 0. The number of fused-ring (bicyclic) bond motifs is 7. The molecule has 0 radical (unpaired) electrons. The van der Waals surface area contributed by atoms with E-state index in [2.05, 4.69) is 198 Å². The highest BCUT2D eigenvalue weighted by atomic mass is 15.2. The van der Waals surface area contributed by atoms with Crippen LogP contribution >= 0.6 is 0 Å². The van der Waals surface area contributed by atoms with Crippen LogP contribution in [0.3, 0.4) is 0 Å². The Morgan fingerprint density at radius 2 is 1.26 bits per heavy atom. The van der Waals surface area contributed by atoms with Crippen molar-refractivity contribution in [1.82, 2.24) is 4.57 Å². The summed E-state index contributed by atoms with van der Waals surface area (Å²) in [5.41, 5.74) is 16.7. The Morgan fingerprint density at radius 3 is 2.09 bits per heavy atom. The first-order valence-corrected chi connectivity index (χ1v) is 19.4. The van der Waals surface area contributed by atoms with Gasteiger partial charge in [-0.25, -0.2) is 0 Å². The molecular formula is C52H40N2. The van der Waals surface area contributed by atoms with Gasteiger partial charge in [-0.3, -0.25) is 0 Å². The topological polar surface area (TPSA) is 8.17 Å². The monoisotopic (exact) mass is 692 g/mol. The van der Waals surface area contributed by atoms with Gasteiger partial charge in [-0.2, -0.15) is 0 Å². The first-order valence-electron chi connectivity index (χ1n) is 19.4. The van der Waals surface area contributed by atoms with Crippen molar-refractivity contribution in [2.45, 2.75) is 25.3 Å². The van der Waals surface area contributed by atoms with Crippen LogP contribution in [-0.2, 0) is 0 Å². The van der Waals surface area contributed by atoms with Crippen LogP contribution in [0, 0.1) is 11.8 Å². The Labute approximate surface area is 317 Å². The van der Waals surface area contributed by atoms with Crippen molar-refractivity contribution in [3.8, 4) is 22.3 Å². The number of para-hydroxylation sites is 2. The van der Waals surface area contributed by atoms with Gasteiger partial charge in [-0.05, 0) is 113 Å². The average Bonchev–Trinajstić information content (AvgIpc) is 3.76. The van der Waals surface area contributed by atoms with E-state index >= 15 is 0 Å². The zero-order chi connectivity index (χ0) is 35.6. The predicted molar refractivity (Wildman–Crippen MR) is 228 cm³/mol. The van der Waals surface area contributed by atoms with E-state index in [1.165, 1.54) is 96.2 Å². The van der Waals surface area contributed by atoms with Crippen molar-refractivity contribution in [3.63, 3.8) is 0 Å². The molecule has 3 atom stereocenters. The number of benzene rings is 6. The van der Waals surface area contributed by atoms with E-state index < -0.39 is 0 Å². The van der Waals surface area contributed by atoms with Crippen LogP contribution < -0.4 is 4.90 Å². The summed E-state index contributed by atoms with van der Waals surface area (Å²) in [6.45, 7) is 0. The highest BCUT2D eigenvalue weighted by Crippen LogP contribution is 2.50. The molecule has 2 nitrogen and oxygen atoms in total. The SMILES string of the molecule is C1=CC2CCC=CC2C(n2c3ccccc3c3cc(C4=CCC5C(=C4)c4ccccc4N5c4ccc(-c5ccc(-c6ccccc6)cc5)cc4)ccc32)=C1. The van der Waals surface area contributed by atoms with Gasteiger partial charge in [0.1, 0.15) is 0 Å². The second kappa shape index (κ2) is 12.6. The highest BCUT2D eigenvalue weighted by Gasteiger charge is 2.36. The summed E-state index contributed by atoms with van der Waals surface area (Å²) in [6.07, 6.45) is 20.1. The molecule has 0 amide bonds. The van der Waals surface area contributed by atoms with Crippen LogP contribution in [0.1, 0.15) is 30.4 Å². The molecule has 2 heteroatoms. The number of anilines is 2. The van der Waals surface area contributed by atoms with Crippen molar-refractivity contribution in [1.29, 1.82) is 0 Å². The first kappa shape index (κ1) is 31.2. The smallest absolute Gasteiger partial charge is 0.0633 e. The van der Waals surface area contributed by atoms with E-state index in [0.29, 0.717) is 11.8 Å². The van der Waals surface area contributed by atoms with E-state index in [4.69, 9.17) is 0 Å². The number of aromatic nitrogens is 1. The lowest BCUT2D eigenvalue weighted by atomic mass is 9.79. The van der Waals surface area contributed by atoms with Gasteiger partial charge < -0.3 is 9.47 Å². The lowest BCUT2D eigenvalue weighted by molar-refractivity contribution is 0.493. The Hall–Kier alpha value is -6.38. The molecular weight excluding hydrogens is 653 g/mol. The average molecular weight is 693 g/mol. The fraction of sp³-hybridized carbons (Fsp3) is 0.115. The van der Waals surface area contributed by atoms with Crippen molar-refractivity contribution in [3.05, 3.63) is 199 Å². The van der Waals surface area contributed by atoms with Crippen LogP contribution in [0.5, 0.6) is 0 Å². The maximum absolute atomic E-state index is 2.55. The predicted octanol–water partition coefficient (Wildman–Crippen LogP) is 13.5. The maximum Gasteiger partial charge on any atom is 0.0633 e. The molecule has 0 N–H and O–H groups in total. The molecule has 3 unspecified atom stereocenters. The van der Waals surface area contributed by atoms with Crippen molar-refractivity contribution in [2.75, 3.05) is 4.90 Å². The molecule has 0 bridgehead atoms. The number of allylic oxidation sites excluding steroid dienone is 8. The molecule has 0 saturated heterocycles. The van der Waals surface area contributed by atoms with E-state index in [1.807, 2.05) is 0 Å². The summed E-state index contributed by atoms with van der Waals surface area (Å²) in [4.78, 5) is 2.55. The molecule has 0 fully saturated rings. The van der Waals surface area contributed by atoms with Gasteiger partial charge in [0.25, 0.3) is 0 Å². The molecule has 258 valence electrons. The fourth-order valence-electron chi connectivity index (χ4n) is 9.56. The normalized spacial score (nSPS) is 20.0. The van der Waals surface area contributed by atoms with Gasteiger partial charge in [0.05, 0.1) is 17.1 Å². The minimum absolute atomic E-state index is 0.260. The standard InChI is InChI=1S/C52H40N2/c1-2-11-35(12-3-1)36-21-23-37(24-22-36)38-25-29-42(30-26-38)53-49-18-8-6-16-44(49)46-33-40(27-31-51(46)53)41-28-32-52-47(34-41)45-17-7-9-19-50(45)54(52)48-20-10-14-39-13-4-5-15-43(39)48/h1-3,5-12,14-30,32-34,39,43,51H,4,13,31H2. The van der Waals surface area contributed by atoms with E-state index in [1.54, 1.807) is 0 Å². The fourth-order valence-corrected chi connectivity index (χ4v) is 9.56. The van der Waals surface area contributed by atoms with Crippen molar-refractivity contribution in [2.24, 2.45) is 11.8 Å². The maximum atomic E-state index is 2.55. The van der Waals surface area contributed by atoms with Gasteiger partial charge in [0, 0.05) is 39.3 Å². The van der Waals surface area contributed by atoms with Crippen LogP contribution in [0.4, 0.5) is 11.4 Å². The van der Waals surface area contributed by atoms with Crippen LogP contribution in [-0.4, -0.2) is 10.6 Å². The quantitative estimate of drug-likeness (QED) is 0.163. The number of hydrogen-bond donors (Lipinski definition) is 0. The third-order valence-corrected chi connectivity index (χ3v) is 12.2. The van der Waals surface area contributed by atoms with Crippen LogP contribution in [0.15, 0.2) is 188 Å². The summed E-state index contributed by atoms with van der Waals surface area (Å²) in [7, 11) is 0. The molecule has 0 spiro atoms. The Kier molecular flexibility index (Phi) is 7.30. The van der Waals surface area contributed by atoms with Crippen LogP contribution in [0.2, 0.25) is 0 Å². The van der Waals surface area contributed by atoms with Gasteiger partial charge in [0.2, 0.25) is 0 Å². The lowest BCUT2D eigenvalue weighted by Gasteiger charge is -2.31. The third-order valence-electron chi connectivity index (χ3n) is 12.2. The minimum atomic E-state index is 0.260. The Bertz CT molecular complexity index is 2730. The van der Waals surface area contributed by atoms with Gasteiger partial charge >= 0.3 is 0 Å². The molecule has 54 heavy (non-hydrogen) atoms. The number of nitrogens with zero attached hydrogens (tertiary/aromatic N) is 2. The molecule has 1 aliphatic heterocycles. The molecule has 11 rings (SSSR count).